The van der Waals surface area contributed by atoms with Gasteiger partial charge in [0.25, 0.3) is 0 Å². The fourth-order valence-electron chi connectivity index (χ4n) is 3.95. The van der Waals surface area contributed by atoms with Crippen LogP contribution in [0.5, 0.6) is 0 Å². The van der Waals surface area contributed by atoms with E-state index in [1.807, 2.05) is 0 Å². The van der Waals surface area contributed by atoms with Gasteiger partial charge in [-0.1, -0.05) is 12.8 Å². The van der Waals surface area contributed by atoms with Crippen LogP contribution in [0.2, 0.25) is 0 Å². The average Bonchev–Trinajstić information content (AvgIpc) is 3.42. The Morgan fingerprint density at radius 2 is 2.03 bits per heavy atom. The number of ether oxygens (including phenoxy) is 3. The molecule has 9 heteroatoms. The van der Waals surface area contributed by atoms with Crippen LogP contribution < -0.4 is 0 Å². The molecule has 2 saturated heterocycles. The molecule has 3 atom stereocenters. The molecule has 1 aromatic heterocycles. The molecule has 0 radical (unpaired) electrons. The number of nitrogens with zero attached hydrogens (tertiary/aromatic N) is 2. The van der Waals surface area contributed by atoms with Crippen molar-refractivity contribution in [2.75, 3.05) is 19.8 Å². The number of nitro groups is 1. The molecule has 0 amide bonds. The average molecular weight is 408 g/mol. The van der Waals surface area contributed by atoms with Crippen LogP contribution in [0.4, 0.5) is 5.82 Å². The van der Waals surface area contributed by atoms with E-state index in [4.69, 9.17) is 20.6 Å². The first-order valence-electron chi connectivity index (χ1n) is 10.0. The Bertz CT molecular complexity index is 736. The highest BCUT2D eigenvalue weighted by Gasteiger charge is 2.44. The van der Waals surface area contributed by atoms with Gasteiger partial charge in [-0.15, -0.1) is 12.3 Å². The van der Waals surface area contributed by atoms with Crippen LogP contribution >= 0.6 is 0 Å². The quantitative estimate of drug-likeness (QED) is 0.264. The maximum atomic E-state index is 11.6. The first kappa shape index (κ1) is 21.7. The molecule has 1 aromatic rings. The standard InChI is InChI=1S/C20H28N2O7/c1-2-3-4-5-6-7-8-20(27-9-10-28-20)15-11-18(22(25)26)21(13-15)19-12-16(24)17(14-23)29-19/h1,11,13,16-17,19,23-24H,3-10,12,14H2/t16-,17+,19+/m0/s1. The maximum Gasteiger partial charge on any atom is 0.325 e. The molecule has 2 fully saturated rings. The summed E-state index contributed by atoms with van der Waals surface area (Å²) >= 11 is 0. The largest absolute Gasteiger partial charge is 0.394 e. The summed E-state index contributed by atoms with van der Waals surface area (Å²) in [6.45, 7) is 0.484. The van der Waals surface area contributed by atoms with E-state index in [2.05, 4.69) is 5.92 Å². The molecule has 0 unspecified atom stereocenters. The number of terminal acetylenes is 1. The zero-order valence-corrected chi connectivity index (χ0v) is 16.4. The summed E-state index contributed by atoms with van der Waals surface area (Å²) in [5, 5.41) is 30.9. The van der Waals surface area contributed by atoms with E-state index in [0.29, 0.717) is 25.2 Å². The Kier molecular flexibility index (Phi) is 7.27. The number of hydrogen-bond donors (Lipinski definition) is 2. The second-order valence-electron chi connectivity index (χ2n) is 7.43. The summed E-state index contributed by atoms with van der Waals surface area (Å²) in [6.07, 6.45) is 9.79. The van der Waals surface area contributed by atoms with Gasteiger partial charge in [-0.2, -0.15) is 0 Å². The maximum absolute atomic E-state index is 11.6. The number of unbranched alkanes of at least 4 members (excludes halogenated alkanes) is 4. The summed E-state index contributed by atoms with van der Waals surface area (Å²) < 4.78 is 18.8. The molecule has 0 aromatic carbocycles. The summed E-state index contributed by atoms with van der Waals surface area (Å²) in [7, 11) is 0. The van der Waals surface area contributed by atoms with Crippen LogP contribution in [0, 0.1) is 22.5 Å². The van der Waals surface area contributed by atoms with Gasteiger partial charge in [0.2, 0.25) is 6.23 Å². The molecule has 160 valence electrons. The van der Waals surface area contributed by atoms with E-state index in [0.717, 1.165) is 32.1 Å². The second-order valence-corrected chi connectivity index (χ2v) is 7.43. The molecule has 0 spiro atoms. The minimum absolute atomic E-state index is 0.157. The number of hydrogen-bond acceptors (Lipinski definition) is 7. The lowest BCUT2D eigenvalue weighted by atomic mass is 10.0. The predicted octanol–water partition coefficient (Wildman–Crippen LogP) is 2.21. The molecular formula is C20H28N2O7. The van der Waals surface area contributed by atoms with Crippen molar-refractivity contribution in [3.63, 3.8) is 0 Å². The van der Waals surface area contributed by atoms with Crippen LogP contribution in [0.3, 0.4) is 0 Å². The van der Waals surface area contributed by atoms with Crippen LogP contribution in [-0.2, 0) is 20.0 Å². The summed E-state index contributed by atoms with van der Waals surface area (Å²) in [6, 6.07) is 1.45. The van der Waals surface area contributed by atoms with Gasteiger partial charge in [-0.3, -0.25) is 0 Å². The highest BCUT2D eigenvalue weighted by molar-refractivity contribution is 5.33. The number of rotatable bonds is 10. The molecule has 2 aliphatic rings. The summed E-state index contributed by atoms with van der Waals surface area (Å²) in [5.74, 6) is 1.45. The van der Waals surface area contributed by atoms with E-state index in [1.54, 1.807) is 6.20 Å². The minimum Gasteiger partial charge on any atom is -0.394 e. The monoisotopic (exact) mass is 408 g/mol. The Labute approximate surface area is 169 Å². The lowest BCUT2D eigenvalue weighted by Crippen LogP contribution is -2.26. The Morgan fingerprint density at radius 1 is 1.31 bits per heavy atom. The third kappa shape index (κ3) is 4.79. The molecule has 3 heterocycles. The highest BCUT2D eigenvalue weighted by atomic mass is 16.7. The van der Waals surface area contributed by atoms with Gasteiger partial charge in [-0.05, 0) is 17.8 Å². The van der Waals surface area contributed by atoms with Crippen molar-refractivity contribution in [1.82, 2.24) is 4.57 Å². The van der Waals surface area contributed by atoms with Crippen molar-refractivity contribution in [3.8, 4) is 12.3 Å². The zero-order valence-electron chi connectivity index (χ0n) is 16.4. The Morgan fingerprint density at radius 3 is 2.66 bits per heavy atom. The minimum atomic E-state index is -1.02. The molecule has 2 aliphatic heterocycles. The van der Waals surface area contributed by atoms with Crippen LogP contribution in [-0.4, -0.2) is 51.7 Å². The molecule has 2 N–H and O–H groups in total. The van der Waals surface area contributed by atoms with Crippen LogP contribution in [0.1, 0.15) is 56.7 Å². The van der Waals surface area contributed by atoms with Crippen molar-refractivity contribution in [2.24, 2.45) is 0 Å². The number of aromatic nitrogens is 1. The molecule has 29 heavy (non-hydrogen) atoms. The lowest BCUT2D eigenvalue weighted by molar-refractivity contribution is -0.393. The van der Waals surface area contributed by atoms with Gasteiger partial charge >= 0.3 is 5.82 Å². The van der Waals surface area contributed by atoms with Crippen molar-refractivity contribution < 1.29 is 29.3 Å². The first-order chi connectivity index (χ1) is 14.0. The molecule has 9 nitrogen and oxygen atoms in total. The normalized spacial score (nSPS) is 25.9. The van der Waals surface area contributed by atoms with E-state index in [9.17, 15) is 20.3 Å². The molecular weight excluding hydrogens is 380 g/mol. The molecule has 0 saturated carbocycles. The third-order valence-electron chi connectivity index (χ3n) is 5.48. The summed E-state index contributed by atoms with van der Waals surface area (Å²) in [4.78, 5) is 11.1. The Hall–Kier alpha value is -1.96. The van der Waals surface area contributed by atoms with Gasteiger partial charge in [0.05, 0.1) is 31.5 Å². The van der Waals surface area contributed by atoms with Gasteiger partial charge in [-0.25, -0.2) is 4.57 Å². The lowest BCUT2D eigenvalue weighted by Gasteiger charge is -2.26. The van der Waals surface area contributed by atoms with E-state index in [1.165, 1.54) is 10.6 Å². The van der Waals surface area contributed by atoms with E-state index < -0.39 is 29.1 Å². The number of aliphatic hydroxyl groups is 2. The van der Waals surface area contributed by atoms with Gasteiger partial charge in [0.1, 0.15) is 12.3 Å². The smallest absolute Gasteiger partial charge is 0.325 e. The molecule has 0 bridgehead atoms. The van der Waals surface area contributed by atoms with Crippen LogP contribution in [0.25, 0.3) is 0 Å². The zero-order chi connectivity index (χ0) is 20.9. The van der Waals surface area contributed by atoms with Gasteiger partial charge in [0, 0.05) is 25.3 Å². The second kappa shape index (κ2) is 9.69. The topological polar surface area (TPSA) is 116 Å². The fraction of sp³-hybridized carbons (Fsp3) is 0.700. The Balaban J connectivity index is 1.77. The van der Waals surface area contributed by atoms with Crippen molar-refractivity contribution in [1.29, 1.82) is 0 Å². The van der Waals surface area contributed by atoms with Gasteiger partial charge in [0.15, 0.2) is 5.79 Å². The predicted molar refractivity (Wildman–Crippen MR) is 103 cm³/mol. The van der Waals surface area contributed by atoms with Crippen molar-refractivity contribution in [2.45, 2.75) is 69.2 Å². The van der Waals surface area contributed by atoms with Crippen LogP contribution in [0.15, 0.2) is 12.3 Å². The highest BCUT2D eigenvalue weighted by Crippen LogP contribution is 2.41. The SMILES string of the molecule is C#CCCCCCCC1(c2cc([N+](=O)[O-])n([C@H]3C[C@H](O)[C@@H](CO)O3)c2)OCCO1. The van der Waals surface area contributed by atoms with E-state index >= 15 is 0 Å². The van der Waals surface area contributed by atoms with E-state index in [-0.39, 0.29) is 18.8 Å². The molecule has 3 rings (SSSR count). The van der Waals surface area contributed by atoms with Crippen molar-refractivity contribution in [3.05, 3.63) is 27.9 Å². The number of aliphatic hydroxyl groups excluding tert-OH is 2. The third-order valence-corrected chi connectivity index (χ3v) is 5.48. The van der Waals surface area contributed by atoms with Gasteiger partial charge < -0.3 is 34.5 Å². The fourth-order valence-corrected chi connectivity index (χ4v) is 3.95. The summed E-state index contributed by atoms with van der Waals surface area (Å²) in [5.41, 5.74) is 0.566. The first-order valence-corrected chi connectivity index (χ1v) is 10.0. The molecule has 0 aliphatic carbocycles. The van der Waals surface area contributed by atoms with Crippen molar-refractivity contribution >= 4 is 5.82 Å².